The van der Waals surface area contributed by atoms with Crippen molar-refractivity contribution in [1.82, 2.24) is 16.0 Å². The van der Waals surface area contributed by atoms with Gasteiger partial charge in [0, 0.05) is 5.41 Å². The molecule has 0 aromatic heterocycles. The zero-order valence-electron chi connectivity index (χ0n) is 12.9. The van der Waals surface area contributed by atoms with Crippen molar-refractivity contribution in [2.45, 2.75) is 46.1 Å². The second-order valence-electron chi connectivity index (χ2n) is 5.86. The Bertz CT molecular complexity index is 285. The van der Waals surface area contributed by atoms with E-state index in [1.54, 1.807) is 7.05 Å². The topological polar surface area (TPSA) is 70.2 Å². The van der Waals surface area contributed by atoms with E-state index in [0.29, 0.717) is 6.42 Å². The summed E-state index contributed by atoms with van der Waals surface area (Å²) in [4.78, 5) is 24.0. The van der Waals surface area contributed by atoms with Gasteiger partial charge in [-0.25, -0.2) is 0 Å². The van der Waals surface area contributed by atoms with E-state index < -0.39 is 5.41 Å². The van der Waals surface area contributed by atoms with Crippen LogP contribution in [0.3, 0.4) is 0 Å². The van der Waals surface area contributed by atoms with Gasteiger partial charge in [-0.05, 0) is 39.9 Å². The van der Waals surface area contributed by atoms with Gasteiger partial charge < -0.3 is 16.0 Å². The molecule has 112 valence electrons. The Morgan fingerprint density at radius 1 is 1.05 bits per heavy atom. The third-order valence-corrected chi connectivity index (χ3v) is 2.90. The maximum Gasteiger partial charge on any atom is 0.234 e. The molecule has 0 saturated carbocycles. The molecule has 0 heterocycles. The van der Waals surface area contributed by atoms with Crippen molar-refractivity contribution < 1.29 is 9.59 Å². The molecule has 0 saturated heterocycles. The maximum absolute atomic E-state index is 12.3. The summed E-state index contributed by atoms with van der Waals surface area (Å²) < 4.78 is 0. The monoisotopic (exact) mass is 271 g/mol. The summed E-state index contributed by atoms with van der Waals surface area (Å²) in [6.45, 7) is 6.84. The largest absolute Gasteiger partial charge is 0.345 e. The van der Waals surface area contributed by atoms with E-state index >= 15 is 0 Å². The Hall–Kier alpha value is -0.940. The molecule has 1 amide bonds. The third kappa shape index (κ3) is 7.95. The molecule has 0 aliphatic carbocycles. The number of likely N-dealkylation sites (N-methyl/N-ethyl adjacent to an activating group) is 1. The second-order valence-corrected chi connectivity index (χ2v) is 5.86. The van der Waals surface area contributed by atoms with Gasteiger partial charge in [0.1, 0.15) is 0 Å². The van der Waals surface area contributed by atoms with E-state index in [1.165, 1.54) is 0 Å². The average Bonchev–Trinajstić information content (AvgIpc) is 2.31. The zero-order chi connectivity index (χ0) is 14.9. The minimum absolute atomic E-state index is 0.0985. The van der Waals surface area contributed by atoms with Crippen LogP contribution in [0.15, 0.2) is 0 Å². The Kier molecular flexibility index (Phi) is 8.59. The number of rotatable bonds is 9. The van der Waals surface area contributed by atoms with Crippen molar-refractivity contribution in [1.29, 1.82) is 0 Å². The van der Waals surface area contributed by atoms with Gasteiger partial charge in [0.25, 0.3) is 0 Å². The Labute approximate surface area is 116 Å². The number of hydrogen-bond acceptors (Lipinski definition) is 4. The maximum atomic E-state index is 12.3. The van der Waals surface area contributed by atoms with Crippen LogP contribution < -0.4 is 16.0 Å². The lowest BCUT2D eigenvalue weighted by atomic mass is 9.84. The van der Waals surface area contributed by atoms with Crippen molar-refractivity contribution in [2.75, 3.05) is 27.2 Å². The molecule has 19 heavy (non-hydrogen) atoms. The van der Waals surface area contributed by atoms with Gasteiger partial charge in [0.2, 0.25) is 5.91 Å². The minimum Gasteiger partial charge on any atom is -0.345 e. The predicted molar refractivity (Wildman–Crippen MR) is 78.1 cm³/mol. The number of nitrogens with one attached hydrogen (secondary N) is 3. The van der Waals surface area contributed by atoms with Crippen LogP contribution in [0.25, 0.3) is 0 Å². The summed E-state index contributed by atoms with van der Waals surface area (Å²) in [5.74, 6) is -0.0277. The highest BCUT2D eigenvalue weighted by Crippen LogP contribution is 2.19. The first kappa shape index (κ1) is 18.1. The Morgan fingerprint density at radius 2 is 1.68 bits per heavy atom. The fourth-order valence-corrected chi connectivity index (χ4v) is 1.85. The van der Waals surface area contributed by atoms with Crippen LogP contribution in [0, 0.1) is 5.41 Å². The molecule has 0 bridgehead atoms. The number of carbonyl (C=O) groups is 2. The van der Waals surface area contributed by atoms with Crippen LogP contribution in [0.5, 0.6) is 0 Å². The molecule has 0 aromatic rings. The lowest BCUT2D eigenvalue weighted by Crippen LogP contribution is -2.47. The number of unbranched alkanes of at least 4 members (excludes halogenated alkanes) is 1. The number of amides is 1. The van der Waals surface area contributed by atoms with E-state index in [4.69, 9.17) is 0 Å². The number of carbonyl (C=O) groups excluding carboxylic acids is 2. The number of hydrogen-bond donors (Lipinski definition) is 3. The van der Waals surface area contributed by atoms with Gasteiger partial charge >= 0.3 is 0 Å². The van der Waals surface area contributed by atoms with Gasteiger partial charge in [-0.1, -0.05) is 20.8 Å². The average molecular weight is 271 g/mol. The standard InChI is InChI=1S/C14H29N3O2/c1-14(2,3)13(19)11(8-6-7-9-15-4)17-12(18)10-16-5/h11,15-16H,6-10H2,1-5H3,(H,17,18). The predicted octanol–water partition coefficient (Wildman–Crippen LogP) is 0.696. The molecule has 0 fully saturated rings. The van der Waals surface area contributed by atoms with Gasteiger partial charge in [0.05, 0.1) is 12.6 Å². The molecular weight excluding hydrogens is 242 g/mol. The number of ketones is 1. The van der Waals surface area contributed by atoms with Crippen LogP contribution in [0.2, 0.25) is 0 Å². The lowest BCUT2D eigenvalue weighted by molar-refractivity contribution is -0.132. The zero-order valence-corrected chi connectivity index (χ0v) is 12.9. The van der Waals surface area contributed by atoms with E-state index in [9.17, 15) is 9.59 Å². The fourth-order valence-electron chi connectivity index (χ4n) is 1.85. The van der Waals surface area contributed by atoms with Crippen molar-refractivity contribution in [3.63, 3.8) is 0 Å². The van der Waals surface area contributed by atoms with Gasteiger partial charge in [-0.2, -0.15) is 0 Å². The lowest BCUT2D eigenvalue weighted by Gasteiger charge is -2.25. The summed E-state index contributed by atoms with van der Waals surface area (Å²) in [7, 11) is 3.62. The molecule has 0 aliphatic heterocycles. The van der Waals surface area contributed by atoms with Crippen LogP contribution in [0.4, 0.5) is 0 Å². The molecule has 0 aromatic carbocycles. The highest BCUT2D eigenvalue weighted by atomic mass is 16.2. The van der Waals surface area contributed by atoms with Crippen LogP contribution >= 0.6 is 0 Å². The summed E-state index contributed by atoms with van der Waals surface area (Å²) in [6.07, 6.45) is 2.63. The molecule has 1 atom stereocenters. The molecular formula is C14H29N3O2. The van der Waals surface area contributed by atoms with E-state index in [-0.39, 0.29) is 24.3 Å². The molecule has 0 radical (unpaired) electrons. The van der Waals surface area contributed by atoms with Gasteiger partial charge in [-0.15, -0.1) is 0 Å². The molecule has 1 unspecified atom stereocenters. The SMILES string of the molecule is CNCCCCC(NC(=O)CNC)C(=O)C(C)(C)C. The molecule has 5 nitrogen and oxygen atoms in total. The van der Waals surface area contributed by atoms with Crippen LogP contribution in [0.1, 0.15) is 40.0 Å². The fraction of sp³-hybridized carbons (Fsp3) is 0.857. The van der Waals surface area contributed by atoms with Crippen molar-refractivity contribution in [2.24, 2.45) is 5.41 Å². The quantitative estimate of drug-likeness (QED) is 0.540. The first-order valence-corrected chi connectivity index (χ1v) is 6.95. The van der Waals surface area contributed by atoms with Crippen molar-refractivity contribution in [3.05, 3.63) is 0 Å². The third-order valence-electron chi connectivity index (χ3n) is 2.90. The van der Waals surface area contributed by atoms with Crippen molar-refractivity contribution in [3.8, 4) is 0 Å². The van der Waals surface area contributed by atoms with E-state index in [1.807, 2.05) is 27.8 Å². The highest BCUT2D eigenvalue weighted by Gasteiger charge is 2.30. The first-order chi connectivity index (χ1) is 8.82. The first-order valence-electron chi connectivity index (χ1n) is 6.95. The summed E-state index contributed by atoms with van der Waals surface area (Å²) in [5, 5.41) is 8.70. The van der Waals surface area contributed by atoms with Crippen LogP contribution in [-0.2, 0) is 9.59 Å². The van der Waals surface area contributed by atoms with Gasteiger partial charge in [0.15, 0.2) is 5.78 Å². The summed E-state index contributed by atoms with van der Waals surface area (Å²) in [5.41, 5.74) is -0.430. The summed E-state index contributed by atoms with van der Waals surface area (Å²) >= 11 is 0. The number of Topliss-reactive ketones (excluding diaryl/α,β-unsaturated/α-hetero) is 1. The van der Waals surface area contributed by atoms with Gasteiger partial charge in [-0.3, -0.25) is 9.59 Å². The highest BCUT2D eigenvalue weighted by molar-refractivity contribution is 5.92. The van der Waals surface area contributed by atoms with E-state index in [0.717, 1.165) is 19.4 Å². The van der Waals surface area contributed by atoms with Crippen molar-refractivity contribution >= 4 is 11.7 Å². The molecule has 5 heteroatoms. The Balaban J connectivity index is 4.46. The Morgan fingerprint density at radius 3 is 2.16 bits per heavy atom. The summed E-state index contributed by atoms with van der Waals surface area (Å²) in [6, 6.07) is -0.377. The second kappa shape index (κ2) is 9.04. The normalized spacial score (nSPS) is 13.1. The minimum atomic E-state index is -0.430. The smallest absolute Gasteiger partial charge is 0.234 e. The molecule has 3 N–H and O–H groups in total. The molecule has 0 spiro atoms. The molecule has 0 rings (SSSR count). The van der Waals surface area contributed by atoms with E-state index in [2.05, 4.69) is 16.0 Å². The van der Waals surface area contributed by atoms with Crippen LogP contribution in [-0.4, -0.2) is 44.9 Å². The molecule has 0 aliphatic rings.